The van der Waals surface area contributed by atoms with Gasteiger partial charge in [0.15, 0.2) is 0 Å². The van der Waals surface area contributed by atoms with E-state index in [9.17, 15) is 4.79 Å². The van der Waals surface area contributed by atoms with Crippen molar-refractivity contribution in [3.63, 3.8) is 0 Å². The summed E-state index contributed by atoms with van der Waals surface area (Å²) in [4.78, 5) is 10.8. The fraction of sp³-hybridized carbons (Fsp3) is 0.385. The molecule has 0 aromatic heterocycles. The average molecular weight is 217 g/mol. The van der Waals surface area contributed by atoms with Crippen LogP contribution in [0.1, 0.15) is 36.1 Å². The van der Waals surface area contributed by atoms with Crippen molar-refractivity contribution in [2.75, 3.05) is 0 Å². The van der Waals surface area contributed by atoms with Gasteiger partial charge in [0, 0.05) is 0 Å². The molecule has 0 aliphatic heterocycles. The Balaban J connectivity index is 3.32. The van der Waals surface area contributed by atoms with E-state index < -0.39 is 5.97 Å². The van der Waals surface area contributed by atoms with Crippen molar-refractivity contribution < 1.29 is 9.90 Å². The van der Waals surface area contributed by atoms with Gasteiger partial charge in [-0.1, -0.05) is 13.8 Å². The summed E-state index contributed by atoms with van der Waals surface area (Å²) in [6, 6.07) is 5.69. The first-order valence-corrected chi connectivity index (χ1v) is 5.38. The second-order valence-corrected chi connectivity index (χ2v) is 3.66. The summed E-state index contributed by atoms with van der Waals surface area (Å²) < 4.78 is 0. The van der Waals surface area contributed by atoms with Crippen molar-refractivity contribution in [1.29, 1.82) is 5.26 Å². The number of carboxylic acids is 1. The molecule has 0 unspecified atom stereocenters. The highest BCUT2D eigenvalue weighted by Crippen LogP contribution is 2.20. The molecule has 1 N–H and O–H groups in total. The van der Waals surface area contributed by atoms with Gasteiger partial charge in [-0.05, 0) is 41.7 Å². The highest BCUT2D eigenvalue weighted by molar-refractivity contribution is 5.71. The predicted octanol–water partition coefficient (Wildman–Crippen LogP) is 2.31. The van der Waals surface area contributed by atoms with Gasteiger partial charge in [0.2, 0.25) is 0 Å². The van der Waals surface area contributed by atoms with Crippen molar-refractivity contribution in [3.8, 4) is 6.07 Å². The lowest BCUT2D eigenvalue weighted by Gasteiger charge is -2.12. The summed E-state index contributed by atoms with van der Waals surface area (Å²) in [5.41, 5.74) is 3.43. The number of hydrogen-bond acceptors (Lipinski definition) is 2. The van der Waals surface area contributed by atoms with Crippen LogP contribution in [0.25, 0.3) is 0 Å². The van der Waals surface area contributed by atoms with Crippen LogP contribution >= 0.6 is 0 Å². The number of carbonyl (C=O) groups is 1. The first kappa shape index (κ1) is 12.3. The molecule has 1 aromatic rings. The summed E-state index contributed by atoms with van der Waals surface area (Å²) >= 11 is 0. The summed E-state index contributed by atoms with van der Waals surface area (Å²) in [6.45, 7) is 3.95. The largest absolute Gasteiger partial charge is 0.481 e. The van der Waals surface area contributed by atoms with E-state index >= 15 is 0 Å². The van der Waals surface area contributed by atoms with Crippen molar-refractivity contribution in [2.24, 2.45) is 0 Å². The first-order chi connectivity index (χ1) is 7.62. The van der Waals surface area contributed by atoms with E-state index in [0.717, 1.165) is 29.5 Å². The Hall–Kier alpha value is -1.82. The maximum atomic E-state index is 10.8. The van der Waals surface area contributed by atoms with Crippen LogP contribution in [0, 0.1) is 11.3 Å². The molecule has 0 spiro atoms. The number of nitrogens with zero attached hydrogens (tertiary/aromatic N) is 1. The average Bonchev–Trinajstić information content (AvgIpc) is 2.28. The van der Waals surface area contributed by atoms with Gasteiger partial charge in [0.1, 0.15) is 0 Å². The van der Waals surface area contributed by atoms with E-state index in [1.165, 1.54) is 0 Å². The van der Waals surface area contributed by atoms with Gasteiger partial charge in [-0.15, -0.1) is 0 Å². The minimum Gasteiger partial charge on any atom is -0.481 e. The Morgan fingerprint density at radius 1 is 1.31 bits per heavy atom. The topological polar surface area (TPSA) is 61.1 Å². The maximum absolute atomic E-state index is 10.8. The van der Waals surface area contributed by atoms with Gasteiger partial charge in [-0.25, -0.2) is 0 Å². The molecule has 0 amide bonds. The van der Waals surface area contributed by atoms with Gasteiger partial charge in [-0.3, -0.25) is 4.79 Å². The number of aryl methyl sites for hydroxylation is 2. The third-order valence-corrected chi connectivity index (χ3v) is 2.65. The molecule has 3 nitrogen and oxygen atoms in total. The zero-order valence-corrected chi connectivity index (χ0v) is 9.58. The molecule has 0 atom stereocenters. The first-order valence-electron chi connectivity index (χ1n) is 5.38. The third-order valence-electron chi connectivity index (χ3n) is 2.65. The minimum atomic E-state index is -0.825. The Kier molecular flexibility index (Phi) is 4.07. The normalized spacial score (nSPS) is 9.81. The molecule has 0 aliphatic rings. The summed E-state index contributed by atoms with van der Waals surface area (Å²) in [5, 5.41) is 17.8. The Labute approximate surface area is 95.3 Å². The van der Waals surface area contributed by atoms with Crippen LogP contribution < -0.4 is 0 Å². The predicted molar refractivity (Wildman–Crippen MR) is 61.3 cm³/mol. The summed E-state index contributed by atoms with van der Waals surface area (Å²) in [6.07, 6.45) is 1.55. The fourth-order valence-corrected chi connectivity index (χ4v) is 1.87. The molecule has 16 heavy (non-hydrogen) atoms. The van der Waals surface area contributed by atoms with Crippen LogP contribution in [0.15, 0.2) is 12.1 Å². The number of nitriles is 1. The van der Waals surface area contributed by atoms with E-state index in [4.69, 9.17) is 10.4 Å². The van der Waals surface area contributed by atoms with Gasteiger partial charge in [-0.2, -0.15) is 5.26 Å². The molecule has 0 fully saturated rings. The number of aliphatic carboxylic acids is 1. The number of benzene rings is 1. The zero-order chi connectivity index (χ0) is 12.1. The molecule has 3 heteroatoms. The van der Waals surface area contributed by atoms with Crippen LogP contribution in [0.5, 0.6) is 0 Å². The SMILES string of the molecule is CCc1cc(C#N)cc(CC)c1CC(=O)O. The second kappa shape index (κ2) is 5.32. The molecule has 0 bridgehead atoms. The summed E-state index contributed by atoms with van der Waals surface area (Å²) in [7, 11) is 0. The van der Waals surface area contributed by atoms with E-state index in [1.807, 2.05) is 13.8 Å². The molecule has 0 saturated heterocycles. The van der Waals surface area contributed by atoms with E-state index in [1.54, 1.807) is 12.1 Å². The molecule has 0 aliphatic carbocycles. The maximum Gasteiger partial charge on any atom is 0.307 e. The van der Waals surface area contributed by atoms with Crippen molar-refractivity contribution in [2.45, 2.75) is 33.1 Å². The summed E-state index contributed by atoms with van der Waals surface area (Å²) in [5.74, 6) is -0.825. The van der Waals surface area contributed by atoms with Crippen LogP contribution in [0.2, 0.25) is 0 Å². The lowest BCUT2D eigenvalue weighted by atomic mass is 9.93. The second-order valence-electron chi connectivity index (χ2n) is 3.66. The molecular weight excluding hydrogens is 202 g/mol. The van der Waals surface area contributed by atoms with E-state index in [2.05, 4.69) is 6.07 Å². The zero-order valence-electron chi connectivity index (χ0n) is 9.58. The third kappa shape index (κ3) is 2.60. The van der Waals surface area contributed by atoms with Crippen LogP contribution in [0.3, 0.4) is 0 Å². The fourth-order valence-electron chi connectivity index (χ4n) is 1.87. The monoisotopic (exact) mass is 217 g/mol. The lowest BCUT2D eigenvalue weighted by molar-refractivity contribution is -0.136. The van der Waals surface area contributed by atoms with E-state index in [-0.39, 0.29) is 6.42 Å². The minimum absolute atomic E-state index is 0.0397. The van der Waals surface area contributed by atoms with Crippen molar-refractivity contribution in [3.05, 3.63) is 34.4 Å². The van der Waals surface area contributed by atoms with Gasteiger partial charge in [0.25, 0.3) is 0 Å². The highest BCUT2D eigenvalue weighted by Gasteiger charge is 2.11. The number of carboxylic acid groups (broad SMARTS) is 1. The van der Waals surface area contributed by atoms with Gasteiger partial charge < -0.3 is 5.11 Å². The number of hydrogen-bond donors (Lipinski definition) is 1. The quantitative estimate of drug-likeness (QED) is 0.841. The molecule has 1 rings (SSSR count). The molecular formula is C13H15NO2. The lowest BCUT2D eigenvalue weighted by Crippen LogP contribution is -2.07. The molecule has 0 radical (unpaired) electrons. The van der Waals surface area contributed by atoms with Gasteiger partial charge >= 0.3 is 5.97 Å². The molecule has 0 saturated carbocycles. The van der Waals surface area contributed by atoms with E-state index in [0.29, 0.717) is 5.56 Å². The standard InChI is InChI=1S/C13H15NO2/c1-3-10-5-9(8-14)6-11(4-2)12(10)7-13(15)16/h5-6H,3-4,7H2,1-2H3,(H,15,16). The van der Waals surface area contributed by atoms with Gasteiger partial charge in [0.05, 0.1) is 18.1 Å². The van der Waals surface area contributed by atoms with Crippen LogP contribution in [0.4, 0.5) is 0 Å². The Morgan fingerprint density at radius 2 is 1.81 bits per heavy atom. The Bertz CT molecular complexity index is 419. The van der Waals surface area contributed by atoms with Crippen molar-refractivity contribution in [1.82, 2.24) is 0 Å². The molecule has 0 heterocycles. The van der Waals surface area contributed by atoms with Crippen molar-refractivity contribution >= 4 is 5.97 Å². The van der Waals surface area contributed by atoms with Crippen LogP contribution in [-0.4, -0.2) is 11.1 Å². The van der Waals surface area contributed by atoms with Crippen LogP contribution in [-0.2, 0) is 24.1 Å². The highest BCUT2D eigenvalue weighted by atomic mass is 16.4. The molecule has 1 aromatic carbocycles. The number of rotatable bonds is 4. The smallest absolute Gasteiger partial charge is 0.307 e. The Morgan fingerprint density at radius 3 is 2.12 bits per heavy atom. The molecule has 84 valence electrons.